The summed E-state index contributed by atoms with van der Waals surface area (Å²) in [7, 11) is -4.19. The van der Waals surface area contributed by atoms with Gasteiger partial charge in [0.05, 0.1) is 10.6 Å². The third kappa shape index (κ3) is 8.55. The van der Waals surface area contributed by atoms with Crippen molar-refractivity contribution in [2.45, 2.75) is 69.5 Å². The average molecular weight is 693 g/mol. The molecule has 0 spiro atoms. The van der Waals surface area contributed by atoms with Gasteiger partial charge in [0, 0.05) is 29.1 Å². The van der Waals surface area contributed by atoms with Crippen LogP contribution in [0.1, 0.15) is 47.9 Å². The largest absolute Gasteiger partial charge is 0.352 e. The van der Waals surface area contributed by atoms with Crippen LogP contribution in [0.25, 0.3) is 0 Å². The molecular formula is C37H39Cl2N3O4S. The van der Waals surface area contributed by atoms with Gasteiger partial charge in [0.25, 0.3) is 10.0 Å². The highest BCUT2D eigenvalue weighted by Gasteiger charge is 2.36. The van der Waals surface area contributed by atoms with E-state index >= 15 is 0 Å². The van der Waals surface area contributed by atoms with Gasteiger partial charge in [-0.2, -0.15) is 0 Å². The minimum Gasteiger partial charge on any atom is -0.352 e. The summed E-state index contributed by atoms with van der Waals surface area (Å²) in [6, 6.07) is 27.1. The molecule has 5 rings (SSSR count). The van der Waals surface area contributed by atoms with E-state index in [0.717, 1.165) is 41.1 Å². The molecule has 47 heavy (non-hydrogen) atoms. The summed E-state index contributed by atoms with van der Waals surface area (Å²) < 4.78 is 29.7. The summed E-state index contributed by atoms with van der Waals surface area (Å²) >= 11 is 12.8. The molecule has 10 heteroatoms. The van der Waals surface area contributed by atoms with Crippen LogP contribution in [0, 0.1) is 13.8 Å². The van der Waals surface area contributed by atoms with Crippen LogP contribution < -0.4 is 9.62 Å². The number of benzene rings is 4. The lowest BCUT2D eigenvalue weighted by Crippen LogP contribution is -2.54. The Morgan fingerprint density at radius 1 is 0.872 bits per heavy atom. The number of hydrogen-bond acceptors (Lipinski definition) is 4. The van der Waals surface area contributed by atoms with Crippen molar-refractivity contribution in [3.8, 4) is 0 Å². The SMILES string of the molecule is Cc1ccc(S(=O)(=O)N(CC(=O)N(Cc2ccc(Cl)cc2Cl)C(Cc2ccccc2)C(=O)NC2CCCC2)c2ccccc2C)cc1. The van der Waals surface area contributed by atoms with Gasteiger partial charge in [0.1, 0.15) is 12.6 Å². The molecule has 1 N–H and O–H groups in total. The Morgan fingerprint density at radius 2 is 1.53 bits per heavy atom. The first kappa shape index (κ1) is 34.5. The summed E-state index contributed by atoms with van der Waals surface area (Å²) in [5, 5.41) is 3.96. The van der Waals surface area contributed by atoms with Gasteiger partial charge in [-0.25, -0.2) is 8.42 Å². The molecule has 0 aliphatic heterocycles. The lowest BCUT2D eigenvalue weighted by molar-refractivity contribution is -0.140. The lowest BCUT2D eigenvalue weighted by Gasteiger charge is -2.35. The van der Waals surface area contributed by atoms with Crippen LogP contribution in [0.3, 0.4) is 0 Å². The second-order valence-corrected chi connectivity index (χ2v) is 14.8. The van der Waals surface area contributed by atoms with Gasteiger partial charge in [-0.3, -0.25) is 13.9 Å². The topological polar surface area (TPSA) is 86.8 Å². The van der Waals surface area contributed by atoms with E-state index in [9.17, 15) is 18.0 Å². The van der Waals surface area contributed by atoms with Crippen LogP contribution in [0.5, 0.6) is 0 Å². The van der Waals surface area contributed by atoms with Crippen molar-refractivity contribution in [1.29, 1.82) is 0 Å². The van der Waals surface area contributed by atoms with E-state index < -0.39 is 28.5 Å². The van der Waals surface area contributed by atoms with E-state index in [1.54, 1.807) is 67.6 Å². The van der Waals surface area contributed by atoms with Crippen molar-refractivity contribution in [2.75, 3.05) is 10.8 Å². The summed E-state index contributed by atoms with van der Waals surface area (Å²) in [6.45, 7) is 3.11. The molecule has 0 radical (unpaired) electrons. The standard InChI is InChI=1S/C37H39Cl2N3O4S/c1-26-16-20-32(21-17-26)47(45,46)42(34-15-9-6-10-27(34)2)25-36(43)41(24-29-18-19-30(38)23-33(29)39)35(22-28-11-4-3-5-12-28)37(44)40-31-13-7-8-14-31/h3-6,9-12,15-21,23,31,35H,7-8,13-14,22,24-25H2,1-2H3,(H,40,44). The van der Waals surface area contributed by atoms with E-state index in [-0.39, 0.29) is 29.8 Å². The average Bonchev–Trinajstić information content (AvgIpc) is 3.56. The van der Waals surface area contributed by atoms with Crippen LogP contribution in [-0.2, 0) is 32.6 Å². The fraction of sp³-hybridized carbons (Fsp3) is 0.297. The number of nitrogens with zero attached hydrogens (tertiary/aromatic N) is 2. The van der Waals surface area contributed by atoms with Crippen LogP contribution in [0.4, 0.5) is 5.69 Å². The molecule has 0 bridgehead atoms. The zero-order valence-electron chi connectivity index (χ0n) is 26.5. The molecule has 2 amide bonds. The molecule has 1 fully saturated rings. The Labute approximate surface area is 287 Å². The lowest BCUT2D eigenvalue weighted by atomic mass is 10.0. The number of carbonyl (C=O) groups is 2. The number of carbonyl (C=O) groups excluding carboxylic acids is 2. The number of para-hydroxylation sites is 1. The Morgan fingerprint density at radius 3 is 2.19 bits per heavy atom. The maximum absolute atomic E-state index is 14.7. The minimum atomic E-state index is -4.19. The Kier molecular flexibility index (Phi) is 11.3. The second kappa shape index (κ2) is 15.4. The van der Waals surface area contributed by atoms with Gasteiger partial charge in [-0.05, 0) is 73.7 Å². The minimum absolute atomic E-state index is 0.0160. The first-order valence-corrected chi connectivity index (χ1v) is 18.0. The second-order valence-electron chi connectivity index (χ2n) is 12.1. The number of anilines is 1. The molecular weight excluding hydrogens is 653 g/mol. The first-order chi connectivity index (χ1) is 22.5. The molecule has 0 aromatic heterocycles. The smallest absolute Gasteiger partial charge is 0.264 e. The monoisotopic (exact) mass is 691 g/mol. The predicted octanol–water partition coefficient (Wildman–Crippen LogP) is 7.50. The van der Waals surface area contributed by atoms with Gasteiger partial charge < -0.3 is 10.2 Å². The van der Waals surface area contributed by atoms with Gasteiger partial charge >= 0.3 is 0 Å². The number of rotatable bonds is 12. The van der Waals surface area contributed by atoms with Crippen molar-refractivity contribution in [3.63, 3.8) is 0 Å². The predicted molar refractivity (Wildman–Crippen MR) is 188 cm³/mol. The molecule has 1 saturated carbocycles. The van der Waals surface area contributed by atoms with Gasteiger partial charge in [-0.15, -0.1) is 0 Å². The number of halogens is 2. The van der Waals surface area contributed by atoms with Crippen LogP contribution in [-0.4, -0.2) is 43.8 Å². The molecule has 4 aromatic rings. The molecule has 4 aromatic carbocycles. The van der Waals surface area contributed by atoms with Crippen LogP contribution in [0.15, 0.2) is 102 Å². The fourth-order valence-electron chi connectivity index (χ4n) is 5.95. The van der Waals surface area contributed by atoms with E-state index in [1.807, 2.05) is 43.3 Å². The van der Waals surface area contributed by atoms with Gasteiger partial charge in [0.2, 0.25) is 11.8 Å². The van der Waals surface area contributed by atoms with Gasteiger partial charge in [-0.1, -0.05) is 108 Å². The number of nitrogens with one attached hydrogen (secondary N) is 1. The molecule has 1 atom stereocenters. The van der Waals surface area contributed by atoms with Gasteiger partial charge in [0.15, 0.2) is 0 Å². The Balaban J connectivity index is 1.59. The number of amides is 2. The molecule has 7 nitrogen and oxygen atoms in total. The van der Waals surface area contributed by atoms with E-state index in [1.165, 1.54) is 4.90 Å². The highest BCUT2D eigenvalue weighted by atomic mass is 35.5. The molecule has 246 valence electrons. The van der Waals surface area contributed by atoms with Crippen molar-refractivity contribution in [3.05, 3.63) is 129 Å². The van der Waals surface area contributed by atoms with Crippen LogP contribution >= 0.6 is 23.2 Å². The van der Waals surface area contributed by atoms with E-state index in [2.05, 4.69) is 5.32 Å². The summed E-state index contributed by atoms with van der Waals surface area (Å²) in [5.41, 5.74) is 3.41. The molecule has 1 aliphatic rings. The maximum Gasteiger partial charge on any atom is 0.264 e. The number of hydrogen-bond donors (Lipinski definition) is 1. The third-order valence-electron chi connectivity index (χ3n) is 8.60. The summed E-state index contributed by atoms with van der Waals surface area (Å²) in [6.07, 6.45) is 4.03. The van der Waals surface area contributed by atoms with Crippen molar-refractivity contribution in [1.82, 2.24) is 10.2 Å². The molecule has 0 heterocycles. The summed E-state index contributed by atoms with van der Waals surface area (Å²) in [5.74, 6) is -0.833. The zero-order chi connectivity index (χ0) is 33.6. The van der Waals surface area contributed by atoms with E-state index in [4.69, 9.17) is 23.2 Å². The molecule has 1 aliphatic carbocycles. The van der Waals surface area contributed by atoms with E-state index in [0.29, 0.717) is 26.9 Å². The van der Waals surface area contributed by atoms with Crippen molar-refractivity contribution < 1.29 is 18.0 Å². The fourth-order valence-corrected chi connectivity index (χ4v) is 7.90. The van der Waals surface area contributed by atoms with Crippen LogP contribution in [0.2, 0.25) is 10.0 Å². The first-order valence-electron chi connectivity index (χ1n) is 15.8. The Hall–Kier alpha value is -3.85. The third-order valence-corrected chi connectivity index (χ3v) is 11.0. The highest BCUT2D eigenvalue weighted by molar-refractivity contribution is 7.92. The molecule has 1 unspecified atom stereocenters. The van der Waals surface area contributed by atoms with Crippen molar-refractivity contribution >= 4 is 50.7 Å². The zero-order valence-corrected chi connectivity index (χ0v) is 28.9. The molecule has 0 saturated heterocycles. The number of aryl methyl sites for hydroxylation is 2. The maximum atomic E-state index is 14.7. The normalized spacial score (nSPS) is 14.0. The number of sulfonamides is 1. The quantitative estimate of drug-likeness (QED) is 0.167. The summed E-state index contributed by atoms with van der Waals surface area (Å²) in [4.78, 5) is 30.4. The van der Waals surface area contributed by atoms with Crippen molar-refractivity contribution in [2.24, 2.45) is 0 Å². The Bertz CT molecular complexity index is 1810. The highest BCUT2D eigenvalue weighted by Crippen LogP contribution is 2.29.